The van der Waals surface area contributed by atoms with E-state index in [4.69, 9.17) is 25.5 Å². The van der Waals surface area contributed by atoms with Crippen LogP contribution in [-0.2, 0) is 33.5 Å². The Balaban J connectivity index is 4.95. The zero-order valence-corrected chi connectivity index (χ0v) is 14.5. The second-order valence-corrected chi connectivity index (χ2v) is 5.52. The lowest BCUT2D eigenvalue weighted by molar-refractivity contribution is -0.168. The highest BCUT2D eigenvalue weighted by atomic mass is 16.6. The molecule has 14 heteroatoms. The second-order valence-electron chi connectivity index (χ2n) is 5.52. The molecule has 0 aromatic rings. The Bertz CT molecular complexity index is 603. The van der Waals surface area contributed by atoms with E-state index in [0.717, 1.165) is 9.80 Å². The van der Waals surface area contributed by atoms with Crippen molar-refractivity contribution >= 4 is 35.8 Å². The number of nitrogens with zero attached hydrogens (tertiary/aromatic N) is 2. The number of carboxylic acid groups (broad SMARTS) is 5. The molecule has 0 bridgehead atoms. The predicted molar refractivity (Wildman–Crippen MR) is 85.6 cm³/mol. The van der Waals surface area contributed by atoms with Crippen LogP contribution in [0.5, 0.6) is 0 Å². The zero-order chi connectivity index (χ0) is 21.9. The SMILES string of the molecule is O=C(O)CC(OC(=O)CN(CCN(CC(=O)O)CC(=O)O)CC(=O)O)C(=O)O. The van der Waals surface area contributed by atoms with E-state index in [0.29, 0.717) is 0 Å². The van der Waals surface area contributed by atoms with Gasteiger partial charge in [0.2, 0.25) is 6.10 Å². The summed E-state index contributed by atoms with van der Waals surface area (Å²) in [5.74, 6) is -8.43. The molecule has 14 nitrogen and oxygen atoms in total. The first-order chi connectivity index (χ1) is 12.9. The monoisotopic (exact) mass is 408 g/mol. The number of carbonyl (C=O) groups is 6. The van der Waals surface area contributed by atoms with E-state index in [1.165, 1.54) is 0 Å². The van der Waals surface area contributed by atoms with Crippen LogP contribution in [0.4, 0.5) is 0 Å². The van der Waals surface area contributed by atoms with Gasteiger partial charge in [0.15, 0.2) is 0 Å². The minimum absolute atomic E-state index is 0.226. The van der Waals surface area contributed by atoms with Crippen molar-refractivity contribution in [1.82, 2.24) is 9.80 Å². The fraction of sp³-hybridized carbons (Fsp3) is 0.571. The number of aliphatic carboxylic acids is 5. The van der Waals surface area contributed by atoms with Gasteiger partial charge in [0.05, 0.1) is 32.6 Å². The summed E-state index contributed by atoms with van der Waals surface area (Å²) in [5, 5.41) is 43.8. The summed E-state index contributed by atoms with van der Waals surface area (Å²) in [6, 6.07) is 0. The van der Waals surface area contributed by atoms with Gasteiger partial charge in [0, 0.05) is 13.1 Å². The first kappa shape index (κ1) is 24.7. The second kappa shape index (κ2) is 12.2. The van der Waals surface area contributed by atoms with Crippen LogP contribution in [0.1, 0.15) is 6.42 Å². The quantitative estimate of drug-likeness (QED) is 0.174. The Morgan fingerprint density at radius 3 is 1.36 bits per heavy atom. The van der Waals surface area contributed by atoms with Gasteiger partial charge in [0.25, 0.3) is 0 Å². The van der Waals surface area contributed by atoms with E-state index in [9.17, 15) is 28.8 Å². The van der Waals surface area contributed by atoms with Crippen LogP contribution < -0.4 is 0 Å². The van der Waals surface area contributed by atoms with Gasteiger partial charge in [-0.2, -0.15) is 0 Å². The summed E-state index contributed by atoms with van der Waals surface area (Å²) in [6.07, 6.45) is -2.96. The third-order valence-corrected chi connectivity index (χ3v) is 3.07. The molecule has 0 aliphatic carbocycles. The highest BCUT2D eigenvalue weighted by molar-refractivity contribution is 5.83. The van der Waals surface area contributed by atoms with Crippen LogP contribution in [0.25, 0.3) is 0 Å². The average Bonchev–Trinajstić information content (AvgIpc) is 2.49. The number of carboxylic acids is 5. The van der Waals surface area contributed by atoms with E-state index in [2.05, 4.69) is 4.74 Å². The average molecular weight is 408 g/mol. The third-order valence-electron chi connectivity index (χ3n) is 3.07. The van der Waals surface area contributed by atoms with Crippen molar-refractivity contribution < 1.29 is 59.0 Å². The van der Waals surface area contributed by atoms with E-state index < -0.39 is 74.5 Å². The van der Waals surface area contributed by atoms with Gasteiger partial charge in [-0.25, -0.2) is 4.79 Å². The fourth-order valence-corrected chi connectivity index (χ4v) is 2.00. The molecule has 1 atom stereocenters. The Hall–Kier alpha value is -3.26. The number of ether oxygens (including phenoxy) is 1. The van der Waals surface area contributed by atoms with Gasteiger partial charge >= 0.3 is 35.8 Å². The molecule has 1 unspecified atom stereocenters. The Morgan fingerprint density at radius 1 is 0.643 bits per heavy atom. The molecule has 0 aliphatic rings. The lowest BCUT2D eigenvalue weighted by Crippen LogP contribution is -2.44. The standard InChI is InChI=1S/C14H20N2O12/c17-9(18)3-8(14(26)27)28-13(25)7-16(6-12(23)24)2-1-15(4-10(19)20)5-11(21)22/h8H,1-7H2,(H,17,18)(H,19,20)(H,21,22)(H,23,24)(H,26,27). The lowest BCUT2D eigenvalue weighted by Gasteiger charge is -2.24. The van der Waals surface area contributed by atoms with Crippen molar-refractivity contribution in [1.29, 1.82) is 0 Å². The number of carbonyl (C=O) groups excluding carboxylic acids is 1. The maximum atomic E-state index is 11.8. The molecule has 0 radical (unpaired) electrons. The van der Waals surface area contributed by atoms with E-state index >= 15 is 0 Å². The van der Waals surface area contributed by atoms with E-state index in [1.807, 2.05) is 0 Å². The summed E-state index contributed by atoms with van der Waals surface area (Å²) >= 11 is 0. The Kier molecular flexibility index (Phi) is 10.8. The third kappa shape index (κ3) is 12.2. The molecular formula is C14H20N2O12. The molecule has 0 amide bonds. The summed E-state index contributed by atoms with van der Waals surface area (Å²) in [5.41, 5.74) is 0. The van der Waals surface area contributed by atoms with Gasteiger partial charge in [-0.3, -0.25) is 33.8 Å². The Labute approximate surface area is 157 Å². The molecule has 0 saturated heterocycles. The summed E-state index contributed by atoms with van der Waals surface area (Å²) in [6.45, 7) is -3.20. The molecule has 28 heavy (non-hydrogen) atoms. The number of esters is 1. The van der Waals surface area contributed by atoms with Crippen LogP contribution in [0.3, 0.4) is 0 Å². The molecule has 158 valence electrons. The molecule has 0 aliphatic heterocycles. The predicted octanol–water partition coefficient (Wildman–Crippen LogP) is -2.68. The highest BCUT2D eigenvalue weighted by Gasteiger charge is 2.27. The topological polar surface area (TPSA) is 219 Å². The van der Waals surface area contributed by atoms with Crippen molar-refractivity contribution in [3.05, 3.63) is 0 Å². The highest BCUT2D eigenvalue weighted by Crippen LogP contribution is 2.02. The molecule has 0 spiro atoms. The smallest absolute Gasteiger partial charge is 0.345 e. The first-order valence-corrected chi connectivity index (χ1v) is 7.64. The minimum Gasteiger partial charge on any atom is -0.481 e. The van der Waals surface area contributed by atoms with Gasteiger partial charge in [0.1, 0.15) is 0 Å². The Morgan fingerprint density at radius 2 is 1.04 bits per heavy atom. The van der Waals surface area contributed by atoms with Crippen molar-refractivity contribution in [3.63, 3.8) is 0 Å². The molecular weight excluding hydrogens is 388 g/mol. The summed E-state index contributed by atoms with van der Waals surface area (Å²) in [7, 11) is 0. The van der Waals surface area contributed by atoms with Gasteiger partial charge in [-0.15, -0.1) is 0 Å². The molecule has 0 aromatic carbocycles. The normalized spacial score (nSPS) is 11.8. The molecule has 0 fully saturated rings. The maximum absolute atomic E-state index is 11.8. The van der Waals surface area contributed by atoms with Crippen molar-refractivity contribution in [2.45, 2.75) is 12.5 Å². The fourth-order valence-electron chi connectivity index (χ4n) is 2.00. The van der Waals surface area contributed by atoms with Crippen molar-refractivity contribution in [2.75, 3.05) is 39.3 Å². The lowest BCUT2D eigenvalue weighted by atomic mass is 10.2. The first-order valence-electron chi connectivity index (χ1n) is 7.64. The largest absolute Gasteiger partial charge is 0.481 e. The van der Waals surface area contributed by atoms with Crippen LogP contribution in [0.15, 0.2) is 0 Å². The molecule has 5 N–H and O–H groups in total. The molecule has 0 saturated carbocycles. The van der Waals surface area contributed by atoms with Crippen molar-refractivity contribution in [2.24, 2.45) is 0 Å². The van der Waals surface area contributed by atoms with Gasteiger partial charge in [-0.1, -0.05) is 0 Å². The number of hydrogen-bond acceptors (Lipinski definition) is 9. The van der Waals surface area contributed by atoms with Crippen LogP contribution in [-0.4, -0.2) is 117 Å². The minimum atomic E-state index is -1.97. The van der Waals surface area contributed by atoms with Gasteiger partial charge < -0.3 is 30.3 Å². The maximum Gasteiger partial charge on any atom is 0.345 e. The van der Waals surface area contributed by atoms with Gasteiger partial charge in [-0.05, 0) is 0 Å². The molecule has 0 aromatic heterocycles. The zero-order valence-electron chi connectivity index (χ0n) is 14.5. The molecule has 0 rings (SSSR count). The van der Waals surface area contributed by atoms with Crippen LogP contribution >= 0.6 is 0 Å². The number of rotatable bonds is 15. The van der Waals surface area contributed by atoms with Crippen molar-refractivity contribution in [3.8, 4) is 0 Å². The van der Waals surface area contributed by atoms with Crippen LogP contribution in [0, 0.1) is 0 Å². The van der Waals surface area contributed by atoms with E-state index in [1.54, 1.807) is 0 Å². The summed E-state index contributed by atoms with van der Waals surface area (Å²) < 4.78 is 4.52. The summed E-state index contributed by atoms with van der Waals surface area (Å²) in [4.78, 5) is 67.6. The molecule has 0 heterocycles. The van der Waals surface area contributed by atoms with E-state index in [-0.39, 0.29) is 13.1 Å². The van der Waals surface area contributed by atoms with Crippen LogP contribution in [0.2, 0.25) is 0 Å². The number of hydrogen-bond donors (Lipinski definition) is 5.